The Morgan fingerprint density at radius 1 is 0.632 bits per heavy atom. The van der Waals surface area contributed by atoms with E-state index in [4.69, 9.17) is 28.0 Å². The molecule has 3 aliphatic rings. The van der Waals surface area contributed by atoms with Crippen LogP contribution in [-0.4, -0.2) is 188 Å². The number of carboxylic acid groups (broad SMARTS) is 1. The van der Waals surface area contributed by atoms with Gasteiger partial charge in [0.05, 0.1) is 32.3 Å². The van der Waals surface area contributed by atoms with Crippen molar-refractivity contribution in [1.82, 2.24) is 67.3 Å². The van der Waals surface area contributed by atoms with Gasteiger partial charge < -0.3 is 63.8 Å². The van der Waals surface area contributed by atoms with Crippen molar-refractivity contribution in [3.05, 3.63) is 71.8 Å². The first-order chi connectivity index (χ1) is 36.4. The van der Waals surface area contributed by atoms with Gasteiger partial charge in [0.15, 0.2) is 11.9 Å². The van der Waals surface area contributed by atoms with E-state index in [9.17, 15) is 53.4 Å². The molecule has 5 atom stereocenters. The van der Waals surface area contributed by atoms with E-state index >= 15 is 0 Å². The number of amides is 11. The molecule has 3 saturated heterocycles. The molecule has 0 unspecified atom stereocenters. The maximum Gasteiger partial charge on any atom is 0.339 e. The van der Waals surface area contributed by atoms with Gasteiger partial charge in [0.2, 0.25) is 11.8 Å². The van der Waals surface area contributed by atoms with E-state index in [2.05, 4.69) is 37.4 Å². The summed E-state index contributed by atoms with van der Waals surface area (Å²) in [7, 11) is 0. The van der Waals surface area contributed by atoms with Gasteiger partial charge in [-0.25, -0.2) is 39.2 Å². The number of aliphatic carboxylic acids is 1. The molecular weight excluding hydrogens is 993 g/mol. The minimum atomic E-state index is -1.65. The van der Waals surface area contributed by atoms with E-state index in [0.717, 1.165) is 14.9 Å². The van der Waals surface area contributed by atoms with Crippen LogP contribution in [0.3, 0.4) is 0 Å². The zero-order valence-corrected chi connectivity index (χ0v) is 42.1. The van der Waals surface area contributed by atoms with Crippen LogP contribution in [-0.2, 0) is 41.9 Å². The van der Waals surface area contributed by atoms with Crippen LogP contribution in [0.5, 0.6) is 0 Å². The van der Waals surface area contributed by atoms with E-state index < -0.39 is 97.0 Å². The van der Waals surface area contributed by atoms with Crippen molar-refractivity contribution in [3.8, 4) is 0 Å². The van der Waals surface area contributed by atoms with Crippen molar-refractivity contribution in [2.75, 3.05) is 52.4 Å². The fourth-order valence-corrected chi connectivity index (χ4v) is 8.78. The Kier molecular flexibility index (Phi) is 22.2. The third-order valence-electron chi connectivity index (χ3n) is 12.6. The summed E-state index contributed by atoms with van der Waals surface area (Å²) in [6.07, 6.45) is 2.53. The Labute approximate surface area is 438 Å². The molecule has 17 N–H and O–H groups in total. The first kappa shape index (κ1) is 58.4. The lowest BCUT2D eigenvalue weighted by Crippen LogP contribution is -2.61. The molecule has 5 rings (SSSR count). The number of hydrogen-bond acceptors (Lipinski definition) is 13. The van der Waals surface area contributed by atoms with Crippen LogP contribution in [0.15, 0.2) is 60.7 Å². The Balaban J connectivity index is 1.20. The Morgan fingerprint density at radius 3 is 1.70 bits per heavy atom. The van der Waals surface area contributed by atoms with E-state index in [-0.39, 0.29) is 89.8 Å². The zero-order chi connectivity index (χ0) is 55.3. The number of urea groups is 3. The first-order valence-electron chi connectivity index (χ1n) is 24.9. The van der Waals surface area contributed by atoms with Crippen LogP contribution < -0.4 is 54.6 Å². The van der Waals surface area contributed by atoms with E-state index in [1.54, 1.807) is 60.7 Å². The van der Waals surface area contributed by atoms with Crippen LogP contribution >= 0.6 is 0 Å². The largest absolute Gasteiger partial charge is 0.480 e. The Hall–Kier alpha value is -8.47. The number of benzene rings is 2. The molecule has 2 aromatic carbocycles. The van der Waals surface area contributed by atoms with E-state index in [0.29, 0.717) is 43.4 Å². The van der Waals surface area contributed by atoms with E-state index in [1.165, 1.54) is 14.9 Å². The van der Waals surface area contributed by atoms with Gasteiger partial charge in [-0.05, 0) is 68.9 Å². The quantitative estimate of drug-likeness (QED) is 0.0247. The van der Waals surface area contributed by atoms with Gasteiger partial charge >= 0.3 is 24.1 Å². The third-order valence-corrected chi connectivity index (χ3v) is 12.6. The highest BCUT2D eigenvalue weighted by molar-refractivity contribution is 5.95. The highest BCUT2D eigenvalue weighted by Crippen LogP contribution is 2.24. The number of nitrogens with one attached hydrogen (secondary N) is 9. The van der Waals surface area contributed by atoms with E-state index in [1.807, 2.05) is 0 Å². The van der Waals surface area contributed by atoms with Crippen LogP contribution in [0.25, 0.3) is 0 Å². The molecule has 414 valence electrons. The van der Waals surface area contributed by atoms with Crippen molar-refractivity contribution in [1.29, 1.82) is 10.8 Å². The molecule has 2 aromatic rings. The van der Waals surface area contributed by atoms with Crippen molar-refractivity contribution in [3.63, 3.8) is 0 Å². The maximum absolute atomic E-state index is 14.1. The molecule has 0 aromatic heterocycles. The van der Waals surface area contributed by atoms with Crippen molar-refractivity contribution < 1.29 is 53.4 Å². The summed E-state index contributed by atoms with van der Waals surface area (Å²) < 4.78 is 0. The lowest BCUT2D eigenvalue weighted by molar-refractivity contribution is -0.142. The molecule has 0 bridgehead atoms. The second-order valence-electron chi connectivity index (χ2n) is 18.2. The molecule has 0 spiro atoms. The van der Waals surface area contributed by atoms with Crippen LogP contribution in [0.2, 0.25) is 0 Å². The SMILES string of the molecule is N=C(N)NCCC[C@H](N)C(=O)N1CCCN1C(=O)N1CCC[C@H]1C(=O)NCC(=O)NN(Cc1ccccc1)C(=O)N[C@@H](CO)C(=O)N1CCC[C@H]1C(=O)NN(Cc1ccccc1)C(=O)N[C@H](CCCNC(=N)N)C(=O)O. The number of likely N-dealkylation sites (tertiary alicyclic amines) is 2. The zero-order valence-electron chi connectivity index (χ0n) is 42.1. The number of carboxylic acids is 1. The average Bonchev–Trinajstić information content (AvgIpc) is 4.22. The summed E-state index contributed by atoms with van der Waals surface area (Å²) in [6.45, 7) is -0.877. The summed E-state index contributed by atoms with van der Waals surface area (Å²) in [5.41, 5.74) is 22.8. The molecule has 0 aliphatic carbocycles. The lowest BCUT2D eigenvalue weighted by Gasteiger charge is -2.34. The van der Waals surface area contributed by atoms with Gasteiger partial charge in [0, 0.05) is 39.3 Å². The van der Waals surface area contributed by atoms with Crippen molar-refractivity contribution in [2.45, 2.75) is 101 Å². The van der Waals surface area contributed by atoms with Gasteiger partial charge in [-0.1, -0.05) is 60.7 Å². The summed E-state index contributed by atoms with van der Waals surface area (Å²) in [5, 5.41) is 51.8. The summed E-state index contributed by atoms with van der Waals surface area (Å²) in [4.78, 5) is 124. The number of nitrogens with zero attached hydrogens (tertiary/aromatic N) is 6. The van der Waals surface area contributed by atoms with Crippen molar-refractivity contribution >= 4 is 65.5 Å². The van der Waals surface area contributed by atoms with Gasteiger partial charge in [-0.2, -0.15) is 0 Å². The Bertz CT molecular complexity index is 2390. The van der Waals surface area contributed by atoms with Gasteiger partial charge in [0.25, 0.3) is 17.7 Å². The number of aliphatic hydroxyl groups excluding tert-OH is 1. The molecule has 29 nitrogen and oxygen atoms in total. The molecule has 3 fully saturated rings. The molecule has 3 aliphatic heterocycles. The minimum absolute atomic E-state index is 0.0163. The molecule has 0 radical (unpaired) electrons. The number of aliphatic hydroxyl groups is 1. The molecule has 0 saturated carbocycles. The second-order valence-corrected chi connectivity index (χ2v) is 18.2. The monoisotopic (exact) mass is 1060 g/mol. The van der Waals surface area contributed by atoms with Crippen molar-refractivity contribution in [2.24, 2.45) is 17.2 Å². The minimum Gasteiger partial charge on any atom is -0.480 e. The summed E-state index contributed by atoms with van der Waals surface area (Å²) in [6, 6.07) is 8.17. The average molecular weight is 1060 g/mol. The standard InChI is InChI=1S/C47H70N18O11/c48-32(16-7-20-53-43(49)50)40(70)64-24-11-25-65(64)47(76)61-23-10-18-35(61)38(68)55-26-37(67)58-62(27-30-12-3-1-4-13-30)46(75)57-34(29-66)41(71)60-22-9-19-36(60)39(69)59-63(28-31-14-5-2-6-15-31)45(74)56-33(42(72)73)17-8-21-54-44(51)52/h1-6,12-15,32-36,66H,7-11,16-29,48H2,(H,55,68)(H,56,74)(H,57,75)(H,58,67)(H,59,69)(H,72,73)(H4,49,50,53)(H4,51,52,54)/t32-,33+,34-,35-,36-/m0/s1. The van der Waals surface area contributed by atoms with Gasteiger partial charge in [-0.15, -0.1) is 0 Å². The molecule has 3 heterocycles. The lowest BCUT2D eigenvalue weighted by atomic mass is 10.1. The highest BCUT2D eigenvalue weighted by atomic mass is 16.4. The number of nitrogens with two attached hydrogens (primary N) is 3. The van der Waals surface area contributed by atoms with Gasteiger partial charge in [-0.3, -0.25) is 45.6 Å². The molecular formula is C47H70N18O11. The van der Waals surface area contributed by atoms with Crippen LogP contribution in [0, 0.1) is 10.8 Å². The second kappa shape index (κ2) is 28.8. The first-order valence-corrected chi connectivity index (χ1v) is 24.9. The maximum atomic E-state index is 14.1. The topological polar surface area (TPSA) is 423 Å². The predicted molar refractivity (Wildman–Crippen MR) is 272 cm³/mol. The molecule has 11 amide bonds. The predicted octanol–water partition coefficient (Wildman–Crippen LogP) is -2.72. The number of hydrazine groups is 3. The van der Waals surface area contributed by atoms with Crippen LogP contribution in [0.4, 0.5) is 14.4 Å². The summed E-state index contributed by atoms with van der Waals surface area (Å²) >= 11 is 0. The Morgan fingerprint density at radius 2 is 1.14 bits per heavy atom. The number of rotatable bonds is 22. The number of carbonyl (C=O) groups excluding carboxylic acids is 8. The number of carbonyl (C=O) groups is 9. The molecule has 29 heteroatoms. The number of hydrogen-bond donors (Lipinski definition) is 14. The normalized spacial score (nSPS) is 17.1. The fourth-order valence-electron chi connectivity index (χ4n) is 8.78. The summed E-state index contributed by atoms with van der Waals surface area (Å²) in [5.74, 6) is -5.55. The van der Waals surface area contributed by atoms with Gasteiger partial charge in [0.1, 0.15) is 24.2 Å². The highest BCUT2D eigenvalue weighted by Gasteiger charge is 2.42. The smallest absolute Gasteiger partial charge is 0.339 e. The fraction of sp³-hybridized carbons (Fsp3) is 0.511. The number of guanidine groups is 2. The third kappa shape index (κ3) is 17.0. The van der Waals surface area contributed by atoms with Crippen LogP contribution in [0.1, 0.15) is 68.9 Å². The molecule has 76 heavy (non-hydrogen) atoms.